The number of rotatable bonds is 4. The van der Waals surface area contributed by atoms with Crippen LogP contribution in [0.15, 0.2) is 21.3 Å². The van der Waals surface area contributed by atoms with Crippen molar-refractivity contribution in [3.63, 3.8) is 0 Å². The minimum atomic E-state index is 0.0894. The van der Waals surface area contributed by atoms with Gasteiger partial charge in [0, 0.05) is 6.54 Å². The van der Waals surface area contributed by atoms with Crippen LogP contribution in [0.1, 0.15) is 31.2 Å². The maximum Gasteiger partial charge on any atom is 0.238 e. The highest BCUT2D eigenvalue weighted by Crippen LogP contribution is 2.26. The highest BCUT2D eigenvalue weighted by molar-refractivity contribution is 5.51. The fourth-order valence-corrected chi connectivity index (χ4v) is 1.74. The first-order chi connectivity index (χ1) is 8.13. The van der Waals surface area contributed by atoms with Crippen LogP contribution in [0, 0.1) is 12.8 Å². The van der Waals surface area contributed by atoms with Gasteiger partial charge in [-0.25, -0.2) is 0 Å². The van der Waals surface area contributed by atoms with E-state index in [2.05, 4.69) is 24.0 Å². The van der Waals surface area contributed by atoms with Crippen LogP contribution in [-0.4, -0.2) is 16.7 Å². The van der Waals surface area contributed by atoms with Gasteiger partial charge < -0.3 is 14.7 Å². The lowest BCUT2D eigenvalue weighted by molar-refractivity contribution is 0.324. The van der Waals surface area contributed by atoms with Crippen LogP contribution in [0.3, 0.4) is 0 Å². The SMILES string of the molecule is Cc1ccoc1-c1noc(C(CN)C(C)C)n1. The second-order valence-electron chi connectivity index (χ2n) is 4.48. The lowest BCUT2D eigenvalue weighted by Gasteiger charge is -2.13. The van der Waals surface area contributed by atoms with Crippen molar-refractivity contribution in [3.05, 3.63) is 23.8 Å². The van der Waals surface area contributed by atoms with Crippen LogP contribution in [0.25, 0.3) is 11.6 Å². The van der Waals surface area contributed by atoms with E-state index >= 15 is 0 Å². The van der Waals surface area contributed by atoms with Crippen molar-refractivity contribution in [2.45, 2.75) is 26.7 Å². The molecule has 0 fully saturated rings. The van der Waals surface area contributed by atoms with Crippen LogP contribution < -0.4 is 5.73 Å². The highest BCUT2D eigenvalue weighted by Gasteiger charge is 2.22. The van der Waals surface area contributed by atoms with Crippen molar-refractivity contribution in [1.29, 1.82) is 0 Å². The van der Waals surface area contributed by atoms with Crippen molar-refractivity contribution in [2.75, 3.05) is 6.54 Å². The lowest BCUT2D eigenvalue weighted by atomic mass is 9.96. The summed E-state index contributed by atoms with van der Waals surface area (Å²) in [5.74, 6) is 2.17. The predicted octanol–water partition coefficient (Wildman–Crippen LogP) is 2.34. The molecule has 1 atom stereocenters. The van der Waals surface area contributed by atoms with Crippen LogP contribution in [0.2, 0.25) is 0 Å². The number of aryl methyl sites for hydroxylation is 1. The minimum absolute atomic E-state index is 0.0894. The zero-order valence-corrected chi connectivity index (χ0v) is 10.3. The van der Waals surface area contributed by atoms with Gasteiger partial charge in [-0.05, 0) is 24.5 Å². The zero-order chi connectivity index (χ0) is 12.4. The van der Waals surface area contributed by atoms with Gasteiger partial charge in [0.05, 0.1) is 12.2 Å². The second-order valence-corrected chi connectivity index (χ2v) is 4.48. The quantitative estimate of drug-likeness (QED) is 0.879. The number of aromatic nitrogens is 2. The summed E-state index contributed by atoms with van der Waals surface area (Å²) >= 11 is 0. The van der Waals surface area contributed by atoms with E-state index in [0.717, 1.165) is 5.56 Å². The number of nitrogens with two attached hydrogens (primary N) is 1. The molecule has 2 rings (SSSR count). The van der Waals surface area contributed by atoms with Gasteiger partial charge in [0.15, 0.2) is 5.76 Å². The van der Waals surface area contributed by atoms with Crippen LogP contribution in [-0.2, 0) is 0 Å². The van der Waals surface area contributed by atoms with Gasteiger partial charge in [-0.3, -0.25) is 0 Å². The minimum Gasteiger partial charge on any atom is -0.461 e. The summed E-state index contributed by atoms with van der Waals surface area (Å²) in [4.78, 5) is 4.35. The van der Waals surface area contributed by atoms with Crippen molar-refractivity contribution in [3.8, 4) is 11.6 Å². The fraction of sp³-hybridized carbons (Fsp3) is 0.500. The molecule has 0 saturated carbocycles. The predicted molar refractivity (Wildman–Crippen MR) is 63.4 cm³/mol. The van der Waals surface area contributed by atoms with Crippen molar-refractivity contribution < 1.29 is 8.94 Å². The summed E-state index contributed by atoms with van der Waals surface area (Å²) in [6.07, 6.45) is 1.61. The summed E-state index contributed by atoms with van der Waals surface area (Å²) in [5, 5.41) is 3.94. The Balaban J connectivity index is 2.30. The Hall–Kier alpha value is -1.62. The molecule has 0 spiro atoms. The van der Waals surface area contributed by atoms with Crippen LogP contribution >= 0.6 is 0 Å². The Morgan fingerprint density at radius 1 is 1.41 bits per heavy atom. The Morgan fingerprint density at radius 3 is 2.71 bits per heavy atom. The fourth-order valence-electron chi connectivity index (χ4n) is 1.74. The first-order valence-corrected chi connectivity index (χ1v) is 5.71. The molecule has 5 nitrogen and oxygen atoms in total. The smallest absolute Gasteiger partial charge is 0.238 e. The maximum atomic E-state index is 5.71. The van der Waals surface area contributed by atoms with Gasteiger partial charge in [0.2, 0.25) is 11.7 Å². The normalized spacial score (nSPS) is 13.2. The van der Waals surface area contributed by atoms with Gasteiger partial charge in [0.25, 0.3) is 0 Å². The van der Waals surface area contributed by atoms with E-state index in [1.165, 1.54) is 0 Å². The molecule has 0 aromatic carbocycles. The monoisotopic (exact) mass is 235 g/mol. The third kappa shape index (κ3) is 2.24. The largest absolute Gasteiger partial charge is 0.461 e. The summed E-state index contributed by atoms with van der Waals surface area (Å²) in [5.41, 5.74) is 6.70. The number of hydrogen-bond donors (Lipinski definition) is 1. The van der Waals surface area contributed by atoms with E-state index < -0.39 is 0 Å². The molecule has 17 heavy (non-hydrogen) atoms. The van der Waals surface area contributed by atoms with E-state index in [4.69, 9.17) is 14.7 Å². The molecule has 0 saturated heterocycles. The topological polar surface area (TPSA) is 78.1 Å². The first-order valence-electron chi connectivity index (χ1n) is 5.71. The number of furan rings is 1. The van der Waals surface area contributed by atoms with Crippen LogP contribution in [0.5, 0.6) is 0 Å². The lowest BCUT2D eigenvalue weighted by Crippen LogP contribution is -2.18. The summed E-state index contributed by atoms with van der Waals surface area (Å²) in [6.45, 7) is 6.60. The Morgan fingerprint density at radius 2 is 2.18 bits per heavy atom. The Kier molecular flexibility index (Phi) is 3.28. The number of hydrogen-bond acceptors (Lipinski definition) is 5. The molecule has 2 aromatic rings. The molecular weight excluding hydrogens is 218 g/mol. The molecule has 2 heterocycles. The molecule has 1 unspecified atom stereocenters. The average molecular weight is 235 g/mol. The molecule has 0 aliphatic carbocycles. The van der Waals surface area contributed by atoms with Crippen molar-refractivity contribution in [1.82, 2.24) is 10.1 Å². The molecule has 0 aliphatic heterocycles. The van der Waals surface area contributed by atoms with Gasteiger partial charge in [-0.1, -0.05) is 19.0 Å². The summed E-state index contributed by atoms with van der Waals surface area (Å²) < 4.78 is 10.6. The summed E-state index contributed by atoms with van der Waals surface area (Å²) in [6, 6.07) is 1.87. The molecule has 0 amide bonds. The third-order valence-corrected chi connectivity index (χ3v) is 2.88. The molecule has 0 bridgehead atoms. The van der Waals surface area contributed by atoms with Gasteiger partial charge >= 0.3 is 0 Å². The van der Waals surface area contributed by atoms with Gasteiger partial charge in [-0.2, -0.15) is 4.98 Å². The Bertz CT molecular complexity index is 487. The zero-order valence-electron chi connectivity index (χ0n) is 10.3. The van der Waals surface area contributed by atoms with E-state index in [-0.39, 0.29) is 5.92 Å². The molecule has 0 radical (unpaired) electrons. The van der Waals surface area contributed by atoms with E-state index in [0.29, 0.717) is 29.9 Å². The third-order valence-electron chi connectivity index (χ3n) is 2.88. The van der Waals surface area contributed by atoms with Crippen LogP contribution in [0.4, 0.5) is 0 Å². The van der Waals surface area contributed by atoms with E-state index in [1.54, 1.807) is 6.26 Å². The molecular formula is C12H17N3O2. The molecule has 92 valence electrons. The molecule has 0 aliphatic rings. The van der Waals surface area contributed by atoms with E-state index in [1.807, 2.05) is 13.0 Å². The highest BCUT2D eigenvalue weighted by atomic mass is 16.5. The Labute approximate surface area is 100.0 Å². The average Bonchev–Trinajstić information content (AvgIpc) is 2.87. The first kappa shape index (κ1) is 11.9. The number of nitrogens with zero attached hydrogens (tertiary/aromatic N) is 2. The van der Waals surface area contributed by atoms with Gasteiger partial charge in [0.1, 0.15) is 0 Å². The molecule has 5 heteroatoms. The summed E-state index contributed by atoms with van der Waals surface area (Å²) in [7, 11) is 0. The standard InChI is InChI=1S/C12H17N3O2/c1-7(2)9(6-13)12-14-11(15-17-12)10-8(3)4-5-16-10/h4-5,7,9H,6,13H2,1-3H3. The van der Waals surface area contributed by atoms with E-state index in [9.17, 15) is 0 Å². The maximum absolute atomic E-state index is 5.71. The van der Waals surface area contributed by atoms with Gasteiger partial charge in [-0.15, -0.1) is 0 Å². The second kappa shape index (κ2) is 4.71. The molecule has 2 aromatic heterocycles. The van der Waals surface area contributed by atoms with Crippen molar-refractivity contribution >= 4 is 0 Å². The molecule has 2 N–H and O–H groups in total. The van der Waals surface area contributed by atoms with Crippen molar-refractivity contribution in [2.24, 2.45) is 11.7 Å².